The van der Waals surface area contributed by atoms with E-state index >= 15 is 0 Å². The molecule has 0 spiro atoms. The Balaban J connectivity index is 1.99. The molecule has 15 heavy (non-hydrogen) atoms. The van der Waals surface area contributed by atoms with Crippen LogP contribution in [0.25, 0.3) is 0 Å². The Labute approximate surface area is 109 Å². The second-order valence-corrected chi connectivity index (χ2v) is 7.45. The first-order valence-electron chi connectivity index (χ1n) is 5.59. The van der Waals surface area contributed by atoms with Crippen LogP contribution in [0, 0.1) is 14.7 Å². The van der Waals surface area contributed by atoms with Crippen molar-refractivity contribution in [3.63, 3.8) is 0 Å². The van der Waals surface area contributed by atoms with Crippen molar-refractivity contribution in [1.29, 1.82) is 0 Å². The summed E-state index contributed by atoms with van der Waals surface area (Å²) >= 11 is 4.04. The summed E-state index contributed by atoms with van der Waals surface area (Å²) in [5.41, 5.74) is 1.13. The molecule has 84 valence electrons. The van der Waals surface area contributed by atoms with Gasteiger partial charge in [-0.15, -0.1) is 11.3 Å². The second-order valence-electron chi connectivity index (χ2n) is 4.65. The molecule has 3 heteroatoms. The van der Waals surface area contributed by atoms with Gasteiger partial charge in [0.15, 0.2) is 0 Å². The highest BCUT2D eigenvalue weighted by Gasteiger charge is 2.26. The van der Waals surface area contributed by atoms with Crippen LogP contribution >= 0.6 is 33.9 Å². The first-order valence-corrected chi connectivity index (χ1v) is 7.54. The van der Waals surface area contributed by atoms with Gasteiger partial charge in [0.25, 0.3) is 0 Å². The van der Waals surface area contributed by atoms with E-state index in [1.165, 1.54) is 28.6 Å². The minimum atomic E-state index is -0.225. The van der Waals surface area contributed by atoms with Gasteiger partial charge < -0.3 is 5.11 Å². The molecule has 0 aliphatic heterocycles. The largest absolute Gasteiger partial charge is 0.388 e. The molecule has 1 aliphatic carbocycles. The van der Waals surface area contributed by atoms with Gasteiger partial charge in [-0.05, 0) is 64.3 Å². The van der Waals surface area contributed by atoms with Crippen molar-refractivity contribution in [3.8, 4) is 0 Å². The van der Waals surface area contributed by atoms with Crippen molar-refractivity contribution >= 4 is 33.9 Å². The van der Waals surface area contributed by atoms with Gasteiger partial charge in [0.1, 0.15) is 0 Å². The summed E-state index contributed by atoms with van der Waals surface area (Å²) in [5.74, 6) is 1.35. The smallest absolute Gasteiger partial charge is 0.0826 e. The average Bonchev–Trinajstić information content (AvgIpc) is 2.65. The lowest BCUT2D eigenvalue weighted by molar-refractivity contribution is 0.0759. The van der Waals surface area contributed by atoms with E-state index in [0.717, 1.165) is 11.5 Å². The first kappa shape index (κ1) is 11.9. The van der Waals surface area contributed by atoms with E-state index in [9.17, 15) is 5.11 Å². The Hall–Kier alpha value is 0.390. The summed E-state index contributed by atoms with van der Waals surface area (Å²) in [6.45, 7) is 2.32. The molecule has 2 rings (SSSR count). The maximum absolute atomic E-state index is 10.2. The fourth-order valence-corrected chi connectivity index (χ4v) is 3.75. The zero-order chi connectivity index (χ0) is 10.8. The van der Waals surface area contributed by atoms with Gasteiger partial charge in [0, 0.05) is 0 Å². The third kappa shape index (κ3) is 2.94. The summed E-state index contributed by atoms with van der Waals surface area (Å²) in [4.78, 5) is 0. The normalized spacial score (nSPS) is 29.0. The third-order valence-corrected chi connectivity index (χ3v) is 5.24. The number of aliphatic hydroxyl groups excluding tert-OH is 1. The molecule has 1 nitrogen and oxygen atoms in total. The molecule has 1 aromatic heterocycles. The molecule has 1 fully saturated rings. The molecule has 1 aromatic rings. The van der Waals surface area contributed by atoms with Crippen molar-refractivity contribution in [2.24, 2.45) is 11.8 Å². The lowest BCUT2D eigenvalue weighted by Gasteiger charge is -2.29. The standard InChI is InChI=1S/C12H17IOS/c1-8-2-4-9(5-3-8)12(14)10-6-11(13)15-7-10/h6-9,12,14H,2-5H2,1H3. The van der Waals surface area contributed by atoms with Gasteiger partial charge in [-0.1, -0.05) is 19.8 Å². The van der Waals surface area contributed by atoms with Crippen LogP contribution in [0.2, 0.25) is 0 Å². The molecule has 1 heterocycles. The SMILES string of the molecule is CC1CCC(C(O)c2csc(I)c2)CC1. The number of hydrogen-bond acceptors (Lipinski definition) is 2. The van der Waals surface area contributed by atoms with E-state index in [1.807, 2.05) is 0 Å². The van der Waals surface area contributed by atoms with Crippen LogP contribution in [0.3, 0.4) is 0 Å². The molecule has 1 N–H and O–H groups in total. The molecule has 0 saturated heterocycles. The van der Waals surface area contributed by atoms with Crippen LogP contribution in [0.1, 0.15) is 44.3 Å². The van der Waals surface area contributed by atoms with Crippen LogP contribution in [-0.2, 0) is 0 Å². The Morgan fingerprint density at radius 3 is 2.60 bits per heavy atom. The molecular formula is C12H17IOS. The predicted octanol–water partition coefficient (Wildman–Crippen LogP) is 4.21. The molecule has 1 atom stereocenters. The van der Waals surface area contributed by atoms with Gasteiger partial charge in [0.2, 0.25) is 0 Å². The topological polar surface area (TPSA) is 20.2 Å². The van der Waals surface area contributed by atoms with Crippen LogP contribution in [-0.4, -0.2) is 5.11 Å². The Morgan fingerprint density at radius 1 is 1.40 bits per heavy atom. The number of thiophene rings is 1. The number of hydrogen-bond donors (Lipinski definition) is 1. The third-order valence-electron chi connectivity index (χ3n) is 3.44. The lowest BCUT2D eigenvalue weighted by atomic mass is 9.79. The fraction of sp³-hybridized carbons (Fsp3) is 0.667. The van der Waals surface area contributed by atoms with Gasteiger partial charge in [-0.2, -0.15) is 0 Å². The minimum Gasteiger partial charge on any atom is -0.388 e. The highest BCUT2D eigenvalue weighted by atomic mass is 127. The van der Waals surface area contributed by atoms with Gasteiger partial charge in [-0.25, -0.2) is 0 Å². The minimum absolute atomic E-state index is 0.225. The molecule has 0 bridgehead atoms. The van der Waals surface area contributed by atoms with E-state index in [2.05, 4.69) is 41.0 Å². The Kier molecular flexibility index (Phi) is 4.07. The van der Waals surface area contributed by atoms with E-state index in [0.29, 0.717) is 5.92 Å². The summed E-state index contributed by atoms with van der Waals surface area (Å²) in [6.07, 6.45) is 4.72. The maximum atomic E-state index is 10.2. The zero-order valence-electron chi connectivity index (χ0n) is 8.95. The lowest BCUT2D eigenvalue weighted by Crippen LogP contribution is -2.18. The number of halogens is 1. The Morgan fingerprint density at radius 2 is 2.07 bits per heavy atom. The highest BCUT2D eigenvalue weighted by Crippen LogP contribution is 2.37. The van der Waals surface area contributed by atoms with Crippen LogP contribution < -0.4 is 0 Å². The van der Waals surface area contributed by atoms with Crippen LogP contribution in [0.15, 0.2) is 11.4 Å². The van der Waals surface area contributed by atoms with Crippen molar-refractivity contribution in [2.45, 2.75) is 38.7 Å². The quantitative estimate of drug-likeness (QED) is 0.802. The van der Waals surface area contributed by atoms with E-state index in [-0.39, 0.29) is 6.10 Å². The van der Waals surface area contributed by atoms with Gasteiger partial charge in [0.05, 0.1) is 8.99 Å². The zero-order valence-corrected chi connectivity index (χ0v) is 11.9. The van der Waals surface area contributed by atoms with Crippen molar-refractivity contribution in [3.05, 3.63) is 19.9 Å². The molecule has 1 saturated carbocycles. The van der Waals surface area contributed by atoms with Gasteiger partial charge >= 0.3 is 0 Å². The average molecular weight is 336 g/mol. The fourth-order valence-electron chi connectivity index (χ4n) is 2.35. The maximum Gasteiger partial charge on any atom is 0.0826 e. The monoisotopic (exact) mass is 336 g/mol. The number of rotatable bonds is 2. The molecule has 1 unspecified atom stereocenters. The Bertz CT molecular complexity index is 315. The van der Waals surface area contributed by atoms with Crippen molar-refractivity contribution in [2.75, 3.05) is 0 Å². The molecule has 0 aromatic carbocycles. The predicted molar refractivity (Wildman–Crippen MR) is 73.1 cm³/mol. The molecule has 0 amide bonds. The summed E-state index contributed by atoms with van der Waals surface area (Å²) < 4.78 is 1.27. The second kappa shape index (κ2) is 5.15. The molecular weight excluding hydrogens is 319 g/mol. The van der Waals surface area contributed by atoms with Crippen molar-refractivity contribution in [1.82, 2.24) is 0 Å². The van der Waals surface area contributed by atoms with E-state index < -0.39 is 0 Å². The van der Waals surface area contributed by atoms with E-state index in [4.69, 9.17) is 0 Å². The molecule has 1 aliphatic rings. The molecule has 0 radical (unpaired) electrons. The van der Waals surface area contributed by atoms with Crippen LogP contribution in [0.5, 0.6) is 0 Å². The summed E-state index contributed by atoms with van der Waals surface area (Å²) in [7, 11) is 0. The first-order chi connectivity index (χ1) is 7.16. The van der Waals surface area contributed by atoms with Crippen molar-refractivity contribution < 1.29 is 5.11 Å². The summed E-state index contributed by atoms with van der Waals surface area (Å²) in [6, 6.07) is 2.12. The number of aliphatic hydroxyl groups is 1. The highest BCUT2D eigenvalue weighted by molar-refractivity contribution is 14.1. The van der Waals surface area contributed by atoms with Gasteiger partial charge in [-0.3, -0.25) is 0 Å². The summed E-state index contributed by atoms with van der Waals surface area (Å²) in [5, 5.41) is 12.3. The van der Waals surface area contributed by atoms with Crippen LogP contribution in [0.4, 0.5) is 0 Å². The van der Waals surface area contributed by atoms with E-state index in [1.54, 1.807) is 11.3 Å².